The molecule has 0 radical (unpaired) electrons. The molecule has 0 unspecified atom stereocenters. The number of H-pyrrole nitrogens is 1. The fourth-order valence-corrected chi connectivity index (χ4v) is 2.02. The lowest BCUT2D eigenvalue weighted by molar-refractivity contribution is -0.192. The highest BCUT2D eigenvalue weighted by Crippen LogP contribution is 2.26. The third kappa shape index (κ3) is 5.14. The first-order chi connectivity index (χ1) is 12.6. The van der Waals surface area contributed by atoms with Gasteiger partial charge in [0.1, 0.15) is 11.5 Å². The molecule has 0 spiro atoms. The number of pyridine rings is 2. The number of nitrogens with zero attached hydrogens (tertiary/aromatic N) is 3. The molecule has 3 aromatic rings. The smallest absolute Gasteiger partial charge is 0.475 e. The topological polar surface area (TPSA) is 147 Å². The van der Waals surface area contributed by atoms with E-state index in [-0.39, 0.29) is 0 Å². The Morgan fingerprint density at radius 3 is 2.48 bits per heavy atom. The number of urea groups is 1. The van der Waals surface area contributed by atoms with E-state index in [0.717, 1.165) is 27.9 Å². The number of hydrogen-bond acceptors (Lipinski definition) is 5. The number of amides is 2. The molecule has 0 aliphatic carbocycles. The van der Waals surface area contributed by atoms with E-state index in [1.165, 1.54) is 0 Å². The number of fused-ring (bicyclic) bond motifs is 1. The number of aryl methyl sites for hydroxylation is 1. The van der Waals surface area contributed by atoms with Crippen molar-refractivity contribution in [2.75, 3.05) is 5.32 Å². The minimum absolute atomic E-state index is 0.381. The summed E-state index contributed by atoms with van der Waals surface area (Å²) < 4.78 is 31.7. The molecule has 2 amide bonds. The van der Waals surface area contributed by atoms with E-state index in [9.17, 15) is 18.0 Å². The second-order valence-electron chi connectivity index (χ2n) is 5.17. The average molecular weight is 382 g/mol. The summed E-state index contributed by atoms with van der Waals surface area (Å²) in [6, 6.07) is 4.87. The van der Waals surface area contributed by atoms with Gasteiger partial charge in [-0.1, -0.05) is 0 Å². The number of nitrogens with one attached hydrogen (secondary N) is 2. The van der Waals surface area contributed by atoms with E-state index in [1.807, 2.05) is 19.1 Å². The number of carbonyl (C=O) groups excluding carboxylic acids is 1. The molecule has 0 saturated carbocycles. The van der Waals surface area contributed by atoms with Crippen LogP contribution < -0.4 is 11.1 Å². The zero-order chi connectivity index (χ0) is 20.2. The number of rotatable bonds is 2. The highest BCUT2D eigenvalue weighted by atomic mass is 19.4. The molecule has 3 heterocycles. The standard InChI is InChI=1S/C13H12N6O.C2HF3O2/c1-7-4-8(2-3-15-7)12-9-6-16-11(17-13(14)20)5-10(9)18-19-12;3-2(4,5)1(6)7/h2-6H,1H3,(H,18,19)(H3,14,16,17,20);(H,6,7). The van der Waals surface area contributed by atoms with E-state index >= 15 is 0 Å². The normalized spacial score (nSPS) is 10.8. The van der Waals surface area contributed by atoms with Gasteiger partial charge in [-0.3, -0.25) is 15.4 Å². The summed E-state index contributed by atoms with van der Waals surface area (Å²) in [6.07, 6.45) is -1.70. The van der Waals surface area contributed by atoms with Gasteiger partial charge in [0.25, 0.3) is 0 Å². The van der Waals surface area contributed by atoms with Crippen LogP contribution in [0.15, 0.2) is 30.6 Å². The van der Waals surface area contributed by atoms with Crippen molar-refractivity contribution in [3.63, 3.8) is 0 Å². The largest absolute Gasteiger partial charge is 0.490 e. The number of carboxylic acids is 1. The van der Waals surface area contributed by atoms with Crippen molar-refractivity contribution in [3.05, 3.63) is 36.3 Å². The van der Waals surface area contributed by atoms with Crippen molar-refractivity contribution in [2.45, 2.75) is 13.1 Å². The van der Waals surface area contributed by atoms with Crippen LogP contribution in [0.1, 0.15) is 5.69 Å². The summed E-state index contributed by atoms with van der Waals surface area (Å²) in [6.45, 7) is 1.92. The molecule has 0 saturated heterocycles. The summed E-state index contributed by atoms with van der Waals surface area (Å²) in [5.74, 6) is -2.38. The van der Waals surface area contributed by atoms with Crippen molar-refractivity contribution in [1.29, 1.82) is 0 Å². The van der Waals surface area contributed by atoms with Crippen molar-refractivity contribution >= 4 is 28.7 Å². The van der Waals surface area contributed by atoms with Crippen molar-refractivity contribution < 1.29 is 27.9 Å². The van der Waals surface area contributed by atoms with Gasteiger partial charge in [0, 0.05) is 35.1 Å². The van der Waals surface area contributed by atoms with Crippen LogP contribution in [0.2, 0.25) is 0 Å². The molecule has 12 heteroatoms. The number of aromatic nitrogens is 4. The second-order valence-corrected chi connectivity index (χ2v) is 5.17. The number of carboxylic acid groups (broad SMARTS) is 1. The number of halogens is 3. The fourth-order valence-electron chi connectivity index (χ4n) is 2.02. The maximum Gasteiger partial charge on any atom is 0.490 e. The molecule has 0 aliphatic rings. The van der Waals surface area contributed by atoms with E-state index in [2.05, 4.69) is 25.5 Å². The Morgan fingerprint density at radius 2 is 1.93 bits per heavy atom. The summed E-state index contributed by atoms with van der Waals surface area (Å²) in [5, 5.41) is 17.6. The Kier molecular flexibility index (Phi) is 5.58. The number of anilines is 1. The molecule has 3 aromatic heterocycles. The lowest BCUT2D eigenvalue weighted by Crippen LogP contribution is -2.21. The predicted molar refractivity (Wildman–Crippen MR) is 88.8 cm³/mol. The Balaban J connectivity index is 0.000000321. The van der Waals surface area contributed by atoms with Gasteiger partial charge in [-0.05, 0) is 19.1 Å². The second kappa shape index (κ2) is 7.68. The van der Waals surface area contributed by atoms with Gasteiger partial charge in [-0.25, -0.2) is 14.6 Å². The Hall–Kier alpha value is -3.70. The number of nitrogens with two attached hydrogens (primary N) is 1. The monoisotopic (exact) mass is 382 g/mol. The van der Waals surface area contributed by atoms with Crippen LogP contribution in [0.3, 0.4) is 0 Å². The molecule has 0 aliphatic heterocycles. The molecule has 0 bridgehead atoms. The van der Waals surface area contributed by atoms with Crippen molar-refractivity contribution in [3.8, 4) is 11.3 Å². The lowest BCUT2D eigenvalue weighted by Gasteiger charge is -2.01. The Bertz CT molecular complexity index is 986. The molecule has 0 aromatic carbocycles. The maximum atomic E-state index is 10.8. The first-order valence-corrected chi connectivity index (χ1v) is 7.21. The number of aliphatic carboxylic acids is 1. The molecule has 27 heavy (non-hydrogen) atoms. The van der Waals surface area contributed by atoms with Crippen LogP contribution in [-0.2, 0) is 4.79 Å². The summed E-state index contributed by atoms with van der Waals surface area (Å²) in [5.41, 5.74) is 8.50. The van der Waals surface area contributed by atoms with E-state index in [1.54, 1.807) is 18.5 Å². The summed E-state index contributed by atoms with van der Waals surface area (Å²) >= 11 is 0. The molecule has 0 fully saturated rings. The van der Waals surface area contributed by atoms with Crippen LogP contribution in [0, 0.1) is 6.92 Å². The number of aromatic amines is 1. The van der Waals surface area contributed by atoms with Gasteiger partial charge in [-0.2, -0.15) is 18.3 Å². The van der Waals surface area contributed by atoms with Gasteiger partial charge in [0.05, 0.1) is 5.52 Å². The van der Waals surface area contributed by atoms with Crippen LogP contribution in [0.4, 0.5) is 23.8 Å². The van der Waals surface area contributed by atoms with Crippen molar-refractivity contribution in [2.24, 2.45) is 5.73 Å². The van der Waals surface area contributed by atoms with E-state index < -0.39 is 18.2 Å². The minimum atomic E-state index is -5.08. The van der Waals surface area contributed by atoms with Gasteiger partial charge >= 0.3 is 18.2 Å². The fraction of sp³-hybridized carbons (Fsp3) is 0.133. The molecular formula is C15H13F3N6O3. The lowest BCUT2D eigenvalue weighted by atomic mass is 10.1. The number of hydrogen-bond donors (Lipinski definition) is 4. The van der Waals surface area contributed by atoms with Crippen LogP contribution >= 0.6 is 0 Å². The van der Waals surface area contributed by atoms with Gasteiger partial charge in [-0.15, -0.1) is 0 Å². The molecule has 0 atom stereocenters. The highest BCUT2D eigenvalue weighted by Gasteiger charge is 2.38. The van der Waals surface area contributed by atoms with Gasteiger partial charge < -0.3 is 10.8 Å². The Labute approximate surface area is 149 Å². The molecular weight excluding hydrogens is 369 g/mol. The molecule has 9 nitrogen and oxygen atoms in total. The highest BCUT2D eigenvalue weighted by molar-refractivity contribution is 5.95. The number of alkyl halides is 3. The average Bonchev–Trinajstić information content (AvgIpc) is 2.97. The van der Waals surface area contributed by atoms with Gasteiger partial charge in [0.2, 0.25) is 0 Å². The molecule has 142 valence electrons. The summed E-state index contributed by atoms with van der Waals surface area (Å²) in [7, 11) is 0. The molecule has 5 N–H and O–H groups in total. The zero-order valence-electron chi connectivity index (χ0n) is 13.7. The van der Waals surface area contributed by atoms with Crippen LogP contribution in [0.5, 0.6) is 0 Å². The van der Waals surface area contributed by atoms with Crippen molar-refractivity contribution in [1.82, 2.24) is 20.2 Å². The summed E-state index contributed by atoms with van der Waals surface area (Å²) in [4.78, 5) is 28.0. The van der Waals surface area contributed by atoms with Crippen LogP contribution in [0.25, 0.3) is 22.2 Å². The number of carbonyl (C=O) groups is 2. The predicted octanol–water partition coefficient (Wildman–Crippen LogP) is 2.45. The zero-order valence-corrected chi connectivity index (χ0v) is 13.7. The van der Waals surface area contributed by atoms with Gasteiger partial charge in [0.15, 0.2) is 0 Å². The quantitative estimate of drug-likeness (QED) is 0.535. The molecule has 3 rings (SSSR count). The first-order valence-electron chi connectivity index (χ1n) is 7.21. The third-order valence-electron chi connectivity index (χ3n) is 3.11. The maximum absolute atomic E-state index is 10.8. The first kappa shape index (κ1) is 19.6. The number of primary amides is 1. The van der Waals surface area contributed by atoms with Crippen LogP contribution in [-0.4, -0.2) is 43.4 Å². The van der Waals surface area contributed by atoms with E-state index in [4.69, 9.17) is 15.6 Å². The van der Waals surface area contributed by atoms with E-state index in [0.29, 0.717) is 5.82 Å². The minimum Gasteiger partial charge on any atom is -0.475 e. The third-order valence-corrected chi connectivity index (χ3v) is 3.11. The SMILES string of the molecule is Cc1cc(-c2n[nH]c3cc(NC(N)=O)ncc23)ccn1.O=C(O)C(F)(F)F. The Morgan fingerprint density at radius 1 is 1.26 bits per heavy atom.